The average molecular weight is 355 g/mol. The molecule has 0 amide bonds. The lowest BCUT2D eigenvalue weighted by atomic mass is 10.1. The van der Waals surface area contributed by atoms with E-state index in [0.717, 1.165) is 17.7 Å². The number of hydrogen-bond acceptors (Lipinski definition) is 8. The van der Waals surface area contributed by atoms with Gasteiger partial charge in [-0.1, -0.05) is 6.08 Å². The fraction of sp³-hybridized carbons (Fsp3) is 0.467. The molecule has 1 aliphatic heterocycles. The Morgan fingerprint density at radius 2 is 2.12 bits per heavy atom. The van der Waals surface area contributed by atoms with Crippen LogP contribution >= 0.6 is 0 Å². The van der Waals surface area contributed by atoms with E-state index >= 15 is 0 Å². The van der Waals surface area contributed by atoms with Crippen LogP contribution in [0.25, 0.3) is 0 Å². The number of nitrogen functional groups attached to an aromatic ring is 1. The number of aromatic nitrogens is 2. The van der Waals surface area contributed by atoms with Gasteiger partial charge in [-0.3, -0.25) is 9.36 Å². The first kappa shape index (κ1) is 18.7. The number of nitrogens with two attached hydrogens (primary N) is 1. The molecule has 9 nitrogen and oxygen atoms in total. The molecule has 2 rings (SSSR count). The standard InChI is InChI=1S/C15H18FN3O6/c1-8(20)24-13(21)15(2,3)23-7-9-4-5-11(25-9)19-6-10(16)12(17)18-14(19)22/h4-6,9,11H,7H2,1-3H3,(H2,17,18,22)/t9-,11+/m0/s1. The Bertz CT molecular complexity index is 773. The lowest BCUT2D eigenvalue weighted by Gasteiger charge is -2.24. The third kappa shape index (κ3) is 4.48. The number of carbonyl (C=O) groups excluding carboxylic acids is 2. The summed E-state index contributed by atoms with van der Waals surface area (Å²) in [5.74, 6) is -2.91. The van der Waals surface area contributed by atoms with Gasteiger partial charge >= 0.3 is 17.6 Å². The highest BCUT2D eigenvalue weighted by Gasteiger charge is 2.33. The van der Waals surface area contributed by atoms with Gasteiger partial charge in [-0.15, -0.1) is 0 Å². The van der Waals surface area contributed by atoms with Crippen molar-refractivity contribution in [1.82, 2.24) is 9.55 Å². The van der Waals surface area contributed by atoms with E-state index in [1.807, 2.05) is 0 Å². The van der Waals surface area contributed by atoms with Crippen molar-refractivity contribution in [3.63, 3.8) is 0 Å². The monoisotopic (exact) mass is 355 g/mol. The zero-order chi connectivity index (χ0) is 18.8. The number of ether oxygens (including phenoxy) is 3. The van der Waals surface area contributed by atoms with E-state index < -0.39 is 47.2 Å². The van der Waals surface area contributed by atoms with Gasteiger partial charge in [0.05, 0.1) is 12.8 Å². The fourth-order valence-electron chi connectivity index (χ4n) is 1.98. The van der Waals surface area contributed by atoms with Gasteiger partial charge in [0, 0.05) is 6.92 Å². The van der Waals surface area contributed by atoms with Crippen LogP contribution in [0.3, 0.4) is 0 Å². The summed E-state index contributed by atoms with van der Waals surface area (Å²) in [6.45, 7) is 3.95. The summed E-state index contributed by atoms with van der Waals surface area (Å²) in [5, 5.41) is 0. The van der Waals surface area contributed by atoms with Gasteiger partial charge < -0.3 is 19.9 Å². The molecule has 0 radical (unpaired) electrons. The summed E-state index contributed by atoms with van der Waals surface area (Å²) >= 11 is 0. The summed E-state index contributed by atoms with van der Waals surface area (Å²) < 4.78 is 29.9. The van der Waals surface area contributed by atoms with Gasteiger partial charge in [0.1, 0.15) is 6.10 Å². The number of hydrogen-bond donors (Lipinski definition) is 1. The summed E-state index contributed by atoms with van der Waals surface area (Å²) in [4.78, 5) is 37.7. The number of carbonyl (C=O) groups is 2. The molecule has 2 N–H and O–H groups in total. The topological polar surface area (TPSA) is 123 Å². The highest BCUT2D eigenvalue weighted by molar-refractivity contribution is 5.88. The highest BCUT2D eigenvalue weighted by Crippen LogP contribution is 2.22. The number of nitrogens with zero attached hydrogens (tertiary/aromatic N) is 2. The quantitative estimate of drug-likeness (QED) is 0.455. The average Bonchev–Trinajstić information content (AvgIpc) is 2.97. The van der Waals surface area contributed by atoms with Gasteiger partial charge in [0.15, 0.2) is 23.5 Å². The van der Waals surface area contributed by atoms with Gasteiger partial charge in [-0.05, 0) is 19.9 Å². The summed E-state index contributed by atoms with van der Waals surface area (Å²) in [6, 6.07) is 0. The van der Waals surface area contributed by atoms with Crippen LogP contribution in [0.4, 0.5) is 10.2 Å². The first-order chi connectivity index (χ1) is 11.6. The molecule has 0 aliphatic carbocycles. The molecule has 1 aromatic rings. The normalized spacial score (nSPS) is 19.8. The molecule has 2 atom stereocenters. The van der Waals surface area contributed by atoms with Crippen LogP contribution < -0.4 is 11.4 Å². The third-order valence-corrected chi connectivity index (χ3v) is 3.35. The molecule has 0 unspecified atom stereocenters. The lowest BCUT2D eigenvalue weighted by Crippen LogP contribution is -2.39. The molecule has 0 saturated carbocycles. The van der Waals surface area contributed by atoms with Crippen molar-refractivity contribution in [2.45, 2.75) is 38.7 Å². The first-order valence-corrected chi connectivity index (χ1v) is 7.35. The van der Waals surface area contributed by atoms with Crippen molar-refractivity contribution in [3.05, 3.63) is 34.7 Å². The summed E-state index contributed by atoms with van der Waals surface area (Å²) in [6.07, 6.45) is 2.54. The van der Waals surface area contributed by atoms with Gasteiger partial charge in [0.25, 0.3) is 0 Å². The van der Waals surface area contributed by atoms with Gasteiger partial charge in [-0.2, -0.15) is 4.98 Å². The smallest absolute Gasteiger partial charge is 0.352 e. The molecule has 0 spiro atoms. The molecule has 0 saturated heterocycles. The molecule has 1 aromatic heterocycles. The van der Waals surface area contributed by atoms with Crippen LogP contribution in [-0.4, -0.2) is 39.8 Å². The minimum absolute atomic E-state index is 0.0490. The maximum absolute atomic E-state index is 13.5. The molecule has 0 fully saturated rings. The number of rotatable bonds is 5. The number of halogens is 1. The first-order valence-electron chi connectivity index (χ1n) is 7.35. The Balaban J connectivity index is 1.97. The van der Waals surface area contributed by atoms with E-state index in [0.29, 0.717) is 0 Å². The van der Waals surface area contributed by atoms with E-state index in [-0.39, 0.29) is 6.61 Å². The zero-order valence-electron chi connectivity index (χ0n) is 13.9. The van der Waals surface area contributed by atoms with Crippen molar-refractivity contribution >= 4 is 17.8 Å². The van der Waals surface area contributed by atoms with E-state index in [2.05, 4.69) is 9.72 Å². The van der Waals surface area contributed by atoms with E-state index in [4.69, 9.17) is 15.2 Å². The summed E-state index contributed by atoms with van der Waals surface area (Å²) in [5.41, 5.74) is 3.10. The van der Waals surface area contributed by atoms with Crippen molar-refractivity contribution < 1.29 is 28.2 Å². The molecule has 25 heavy (non-hydrogen) atoms. The van der Waals surface area contributed by atoms with Gasteiger partial charge in [-0.25, -0.2) is 14.0 Å². The van der Waals surface area contributed by atoms with Crippen molar-refractivity contribution in [3.8, 4) is 0 Å². The molecule has 2 heterocycles. The maximum Gasteiger partial charge on any atom is 0.352 e. The van der Waals surface area contributed by atoms with Crippen LogP contribution in [0.1, 0.15) is 27.0 Å². The third-order valence-electron chi connectivity index (χ3n) is 3.35. The Morgan fingerprint density at radius 3 is 2.76 bits per heavy atom. The Labute approximate surface area is 142 Å². The van der Waals surface area contributed by atoms with Crippen LogP contribution in [0.15, 0.2) is 23.1 Å². The van der Waals surface area contributed by atoms with E-state index in [9.17, 15) is 18.8 Å². The van der Waals surface area contributed by atoms with E-state index in [1.54, 1.807) is 6.08 Å². The molecule has 0 aromatic carbocycles. The van der Waals surface area contributed by atoms with Gasteiger partial charge in [0.2, 0.25) is 0 Å². The van der Waals surface area contributed by atoms with Crippen molar-refractivity contribution in [2.24, 2.45) is 0 Å². The molecular formula is C15H18FN3O6. The van der Waals surface area contributed by atoms with Crippen LogP contribution in [0, 0.1) is 5.82 Å². The minimum atomic E-state index is -1.37. The molecular weight excluding hydrogens is 337 g/mol. The Hall–Kier alpha value is -2.59. The lowest BCUT2D eigenvalue weighted by molar-refractivity contribution is -0.177. The largest absolute Gasteiger partial charge is 0.391 e. The number of esters is 2. The molecule has 10 heteroatoms. The van der Waals surface area contributed by atoms with Crippen LogP contribution in [0.5, 0.6) is 0 Å². The SMILES string of the molecule is CC(=O)OC(=O)C(C)(C)OC[C@@H]1C=C[C@H](n2cc(F)c(N)nc2=O)O1. The second-order valence-corrected chi connectivity index (χ2v) is 5.82. The van der Waals surface area contributed by atoms with Crippen LogP contribution in [0.2, 0.25) is 0 Å². The number of anilines is 1. The van der Waals surface area contributed by atoms with Crippen molar-refractivity contribution in [1.29, 1.82) is 0 Å². The molecule has 0 bridgehead atoms. The highest BCUT2D eigenvalue weighted by atomic mass is 19.1. The Morgan fingerprint density at radius 1 is 1.44 bits per heavy atom. The maximum atomic E-state index is 13.5. The second kappa shape index (κ2) is 7.11. The molecule has 1 aliphatic rings. The predicted molar refractivity (Wildman–Crippen MR) is 82.7 cm³/mol. The summed E-state index contributed by atoms with van der Waals surface area (Å²) in [7, 11) is 0. The second-order valence-electron chi connectivity index (χ2n) is 5.82. The van der Waals surface area contributed by atoms with Crippen molar-refractivity contribution in [2.75, 3.05) is 12.3 Å². The van der Waals surface area contributed by atoms with Crippen LogP contribution in [-0.2, 0) is 23.8 Å². The zero-order valence-corrected chi connectivity index (χ0v) is 13.9. The fourth-order valence-corrected chi connectivity index (χ4v) is 1.98. The molecule has 136 valence electrons. The predicted octanol–water partition coefficient (Wildman–Crippen LogP) is 0.303. The van der Waals surface area contributed by atoms with E-state index in [1.165, 1.54) is 19.9 Å². The Kier molecular flexibility index (Phi) is 5.33. The minimum Gasteiger partial charge on any atom is -0.391 e.